The van der Waals surface area contributed by atoms with Gasteiger partial charge in [-0.2, -0.15) is 0 Å². The van der Waals surface area contributed by atoms with Gasteiger partial charge >= 0.3 is 0 Å². The summed E-state index contributed by atoms with van der Waals surface area (Å²) in [5.74, 6) is 2.45. The van der Waals surface area contributed by atoms with Gasteiger partial charge in [0, 0.05) is 6.07 Å². The number of carbonyl (C=O) groups excluding carboxylic acids is 1. The summed E-state index contributed by atoms with van der Waals surface area (Å²) in [5, 5.41) is 0. The standard InChI is InChI=1S/C19H22O4/c1-14(2)15-4-7-17(8-5-15)22-10-11-23-19-12-18(21-3)9-6-16(19)13-20/h4-9,12-14H,10-11H2,1-3H3. The third-order valence-corrected chi connectivity index (χ3v) is 3.50. The Bertz CT molecular complexity index is 632. The fraction of sp³-hybridized carbons (Fsp3) is 0.316. The van der Waals surface area contributed by atoms with Crippen LogP contribution in [-0.2, 0) is 0 Å². The molecule has 0 aliphatic heterocycles. The van der Waals surface area contributed by atoms with Gasteiger partial charge in [0.2, 0.25) is 0 Å². The highest BCUT2D eigenvalue weighted by Crippen LogP contribution is 2.23. The van der Waals surface area contributed by atoms with E-state index in [2.05, 4.69) is 26.0 Å². The Hall–Kier alpha value is -2.49. The lowest BCUT2D eigenvalue weighted by molar-refractivity contribution is 0.111. The van der Waals surface area contributed by atoms with Gasteiger partial charge in [-0.05, 0) is 35.7 Å². The molecule has 0 atom stereocenters. The number of hydrogen-bond donors (Lipinski definition) is 0. The first-order valence-corrected chi connectivity index (χ1v) is 7.63. The number of methoxy groups -OCH3 is 1. The monoisotopic (exact) mass is 314 g/mol. The zero-order chi connectivity index (χ0) is 16.7. The predicted molar refractivity (Wildman–Crippen MR) is 89.9 cm³/mol. The topological polar surface area (TPSA) is 44.8 Å². The molecular formula is C19H22O4. The average molecular weight is 314 g/mol. The summed E-state index contributed by atoms with van der Waals surface area (Å²) in [5.41, 5.74) is 1.77. The molecule has 0 spiro atoms. The Labute approximate surface area is 137 Å². The van der Waals surface area contributed by atoms with Gasteiger partial charge in [-0.25, -0.2) is 0 Å². The molecule has 0 radical (unpaired) electrons. The van der Waals surface area contributed by atoms with Crippen LogP contribution in [0.2, 0.25) is 0 Å². The summed E-state index contributed by atoms with van der Waals surface area (Å²) >= 11 is 0. The van der Waals surface area contributed by atoms with Crippen molar-refractivity contribution in [3.8, 4) is 17.2 Å². The van der Waals surface area contributed by atoms with E-state index < -0.39 is 0 Å². The van der Waals surface area contributed by atoms with Crippen LogP contribution in [0.1, 0.15) is 35.7 Å². The van der Waals surface area contributed by atoms with Crippen LogP contribution in [0.15, 0.2) is 42.5 Å². The summed E-state index contributed by atoms with van der Waals surface area (Å²) in [7, 11) is 1.57. The van der Waals surface area contributed by atoms with Crippen LogP contribution < -0.4 is 14.2 Å². The van der Waals surface area contributed by atoms with Crippen LogP contribution in [0.4, 0.5) is 0 Å². The fourth-order valence-corrected chi connectivity index (χ4v) is 2.12. The second-order valence-corrected chi connectivity index (χ2v) is 5.44. The molecule has 2 aromatic carbocycles. The van der Waals surface area contributed by atoms with E-state index in [-0.39, 0.29) is 0 Å². The number of benzene rings is 2. The van der Waals surface area contributed by atoms with E-state index in [1.54, 1.807) is 25.3 Å². The summed E-state index contributed by atoms with van der Waals surface area (Å²) in [6.07, 6.45) is 0.764. The molecule has 122 valence electrons. The van der Waals surface area contributed by atoms with Crippen molar-refractivity contribution in [1.29, 1.82) is 0 Å². The van der Waals surface area contributed by atoms with Crippen molar-refractivity contribution < 1.29 is 19.0 Å². The van der Waals surface area contributed by atoms with E-state index in [0.29, 0.717) is 36.2 Å². The molecule has 0 saturated carbocycles. The quantitative estimate of drug-likeness (QED) is 0.544. The molecule has 4 heteroatoms. The molecule has 4 nitrogen and oxygen atoms in total. The molecule has 0 aliphatic rings. The smallest absolute Gasteiger partial charge is 0.153 e. The maximum atomic E-state index is 11.0. The Morgan fingerprint density at radius 2 is 1.61 bits per heavy atom. The molecule has 0 aliphatic carbocycles. The number of carbonyl (C=O) groups is 1. The van der Waals surface area contributed by atoms with E-state index >= 15 is 0 Å². The van der Waals surface area contributed by atoms with Crippen molar-refractivity contribution >= 4 is 6.29 Å². The third kappa shape index (κ3) is 4.74. The van der Waals surface area contributed by atoms with Crippen LogP contribution in [0.3, 0.4) is 0 Å². The highest BCUT2D eigenvalue weighted by molar-refractivity contribution is 5.79. The normalized spacial score (nSPS) is 10.4. The molecule has 0 aromatic heterocycles. The second-order valence-electron chi connectivity index (χ2n) is 5.44. The van der Waals surface area contributed by atoms with Crippen molar-refractivity contribution in [2.75, 3.05) is 20.3 Å². The van der Waals surface area contributed by atoms with Crippen LogP contribution in [0, 0.1) is 0 Å². The third-order valence-electron chi connectivity index (χ3n) is 3.50. The Morgan fingerprint density at radius 1 is 0.957 bits per heavy atom. The zero-order valence-electron chi connectivity index (χ0n) is 13.7. The predicted octanol–water partition coefficient (Wildman–Crippen LogP) is 4.09. The van der Waals surface area contributed by atoms with Gasteiger partial charge in [0.1, 0.15) is 30.5 Å². The van der Waals surface area contributed by atoms with E-state index in [4.69, 9.17) is 14.2 Å². The fourth-order valence-electron chi connectivity index (χ4n) is 2.12. The van der Waals surface area contributed by atoms with Gasteiger partial charge in [-0.3, -0.25) is 4.79 Å². The van der Waals surface area contributed by atoms with E-state index in [1.165, 1.54) is 5.56 Å². The Morgan fingerprint density at radius 3 is 2.22 bits per heavy atom. The maximum absolute atomic E-state index is 11.0. The SMILES string of the molecule is COc1ccc(C=O)c(OCCOc2ccc(C(C)C)cc2)c1. The molecule has 0 fully saturated rings. The minimum absolute atomic E-state index is 0.347. The van der Waals surface area contributed by atoms with Gasteiger partial charge < -0.3 is 14.2 Å². The molecular weight excluding hydrogens is 292 g/mol. The molecule has 0 unspecified atom stereocenters. The van der Waals surface area contributed by atoms with Crippen LogP contribution in [0.5, 0.6) is 17.2 Å². The highest BCUT2D eigenvalue weighted by Gasteiger charge is 2.05. The Balaban J connectivity index is 1.86. The molecule has 2 aromatic rings. The summed E-state index contributed by atoms with van der Waals surface area (Å²) in [6, 6.07) is 13.1. The van der Waals surface area contributed by atoms with E-state index in [9.17, 15) is 4.79 Å². The first-order chi connectivity index (χ1) is 11.1. The van der Waals surface area contributed by atoms with Gasteiger partial charge in [-0.15, -0.1) is 0 Å². The van der Waals surface area contributed by atoms with Crippen molar-refractivity contribution in [2.45, 2.75) is 19.8 Å². The van der Waals surface area contributed by atoms with E-state index in [0.717, 1.165) is 12.0 Å². The summed E-state index contributed by atoms with van der Waals surface area (Å²) in [6.45, 7) is 5.06. The molecule has 2 rings (SSSR count). The number of rotatable bonds is 8. The molecule has 0 saturated heterocycles. The van der Waals surface area contributed by atoms with Gasteiger partial charge in [-0.1, -0.05) is 26.0 Å². The number of aldehydes is 1. The lowest BCUT2D eigenvalue weighted by Crippen LogP contribution is -2.10. The molecule has 0 amide bonds. The molecule has 23 heavy (non-hydrogen) atoms. The van der Waals surface area contributed by atoms with Crippen LogP contribution in [0.25, 0.3) is 0 Å². The minimum atomic E-state index is 0.347. The van der Waals surface area contributed by atoms with Crippen molar-refractivity contribution in [3.63, 3.8) is 0 Å². The molecule has 0 bridgehead atoms. The maximum Gasteiger partial charge on any atom is 0.153 e. The largest absolute Gasteiger partial charge is 0.497 e. The van der Waals surface area contributed by atoms with Gasteiger partial charge in [0.15, 0.2) is 6.29 Å². The summed E-state index contributed by atoms with van der Waals surface area (Å²) in [4.78, 5) is 11.0. The highest BCUT2D eigenvalue weighted by atomic mass is 16.5. The first-order valence-electron chi connectivity index (χ1n) is 7.63. The number of ether oxygens (including phenoxy) is 3. The van der Waals surface area contributed by atoms with Crippen LogP contribution >= 0.6 is 0 Å². The average Bonchev–Trinajstić information content (AvgIpc) is 2.58. The first kappa shape index (κ1) is 16.9. The second kappa shape index (κ2) is 8.22. The van der Waals surface area contributed by atoms with Gasteiger partial charge in [0.05, 0.1) is 12.7 Å². The van der Waals surface area contributed by atoms with Crippen molar-refractivity contribution in [3.05, 3.63) is 53.6 Å². The zero-order valence-corrected chi connectivity index (χ0v) is 13.7. The molecule has 0 N–H and O–H groups in total. The lowest BCUT2D eigenvalue weighted by Gasteiger charge is -2.12. The van der Waals surface area contributed by atoms with Gasteiger partial charge in [0.25, 0.3) is 0 Å². The Kier molecular flexibility index (Phi) is 6.03. The van der Waals surface area contributed by atoms with E-state index in [1.807, 2.05) is 12.1 Å². The minimum Gasteiger partial charge on any atom is -0.497 e. The molecule has 0 heterocycles. The number of hydrogen-bond acceptors (Lipinski definition) is 4. The van der Waals surface area contributed by atoms with Crippen molar-refractivity contribution in [1.82, 2.24) is 0 Å². The summed E-state index contributed by atoms with van der Waals surface area (Å²) < 4.78 is 16.4. The van der Waals surface area contributed by atoms with Crippen LogP contribution in [-0.4, -0.2) is 26.6 Å². The van der Waals surface area contributed by atoms with Crippen molar-refractivity contribution in [2.24, 2.45) is 0 Å². The lowest BCUT2D eigenvalue weighted by atomic mass is 10.0.